The van der Waals surface area contributed by atoms with E-state index < -0.39 is 6.09 Å². The Labute approximate surface area is 173 Å². The lowest BCUT2D eigenvalue weighted by Crippen LogP contribution is -2.53. The minimum Gasteiger partial charge on any atom is -0.465 e. The van der Waals surface area contributed by atoms with Gasteiger partial charge in [0.25, 0.3) is 5.89 Å². The third kappa shape index (κ3) is 4.13. The molecule has 1 atom stereocenters. The summed E-state index contributed by atoms with van der Waals surface area (Å²) >= 11 is 0. The van der Waals surface area contributed by atoms with E-state index in [1.54, 1.807) is 6.07 Å². The second-order valence-electron chi connectivity index (χ2n) is 7.57. The summed E-state index contributed by atoms with van der Waals surface area (Å²) in [6, 6.07) is 6.07. The third-order valence-corrected chi connectivity index (χ3v) is 5.33. The Balaban J connectivity index is 1.49. The standard InChI is InChI=1S/C20H24N6O4/c1-12-8-15(11-25-6-7-26(20(27)28)13(2)10-25)14(3)16(9-12)22-19-24-23-18(29-19)17-4-5-21-30-17/h4-5,8-9,13H,6-7,10-11H2,1-3H3,(H,22,24)(H,27,28)/t13-/m0/s1. The number of hydrogen-bond donors (Lipinski definition) is 2. The lowest BCUT2D eigenvalue weighted by molar-refractivity contribution is 0.0710. The molecule has 1 amide bonds. The highest BCUT2D eigenvalue weighted by atomic mass is 16.5. The zero-order valence-corrected chi connectivity index (χ0v) is 17.1. The molecule has 0 saturated carbocycles. The fraction of sp³-hybridized carbons (Fsp3) is 0.400. The van der Waals surface area contributed by atoms with Crippen molar-refractivity contribution in [1.29, 1.82) is 0 Å². The van der Waals surface area contributed by atoms with Gasteiger partial charge in [0.05, 0.1) is 6.20 Å². The Hall–Kier alpha value is -3.40. The molecular weight excluding hydrogens is 388 g/mol. The number of piperazine rings is 1. The van der Waals surface area contributed by atoms with Crippen LogP contribution in [0.4, 0.5) is 16.5 Å². The second-order valence-corrected chi connectivity index (χ2v) is 7.57. The first-order valence-electron chi connectivity index (χ1n) is 9.74. The molecule has 0 bridgehead atoms. The zero-order chi connectivity index (χ0) is 21.3. The molecule has 2 N–H and O–H groups in total. The summed E-state index contributed by atoms with van der Waals surface area (Å²) in [6.45, 7) is 8.68. The molecule has 1 aliphatic heterocycles. The van der Waals surface area contributed by atoms with Crippen molar-refractivity contribution in [3.05, 3.63) is 41.1 Å². The summed E-state index contributed by atoms with van der Waals surface area (Å²) in [4.78, 5) is 15.1. The van der Waals surface area contributed by atoms with Gasteiger partial charge in [0, 0.05) is 44.0 Å². The van der Waals surface area contributed by atoms with Crippen LogP contribution in [0.1, 0.15) is 23.6 Å². The highest BCUT2D eigenvalue weighted by Crippen LogP contribution is 2.28. The van der Waals surface area contributed by atoms with E-state index in [1.807, 2.05) is 26.8 Å². The van der Waals surface area contributed by atoms with Crippen LogP contribution in [0, 0.1) is 13.8 Å². The van der Waals surface area contributed by atoms with Crippen LogP contribution in [0.2, 0.25) is 0 Å². The fourth-order valence-corrected chi connectivity index (χ4v) is 3.74. The van der Waals surface area contributed by atoms with Crippen LogP contribution in [0.3, 0.4) is 0 Å². The summed E-state index contributed by atoms with van der Waals surface area (Å²) in [6.07, 6.45) is 0.658. The second kappa shape index (κ2) is 8.15. The largest absolute Gasteiger partial charge is 0.465 e. The van der Waals surface area contributed by atoms with E-state index in [9.17, 15) is 9.90 Å². The van der Waals surface area contributed by atoms with Gasteiger partial charge in [-0.25, -0.2) is 4.79 Å². The molecule has 3 heterocycles. The van der Waals surface area contributed by atoms with E-state index in [4.69, 9.17) is 8.94 Å². The van der Waals surface area contributed by atoms with Crippen LogP contribution >= 0.6 is 0 Å². The monoisotopic (exact) mass is 412 g/mol. The molecule has 10 heteroatoms. The minimum absolute atomic E-state index is 0.0353. The van der Waals surface area contributed by atoms with Gasteiger partial charge in [-0.15, -0.1) is 5.10 Å². The number of carboxylic acid groups (broad SMARTS) is 1. The van der Waals surface area contributed by atoms with Crippen LogP contribution < -0.4 is 5.32 Å². The Morgan fingerprint density at radius 3 is 2.83 bits per heavy atom. The average molecular weight is 412 g/mol. The van der Waals surface area contributed by atoms with Crippen LogP contribution in [0.25, 0.3) is 11.7 Å². The van der Waals surface area contributed by atoms with Gasteiger partial charge in [-0.05, 0) is 43.5 Å². The van der Waals surface area contributed by atoms with Crippen molar-refractivity contribution in [1.82, 2.24) is 25.2 Å². The van der Waals surface area contributed by atoms with Crippen molar-refractivity contribution in [2.75, 3.05) is 25.0 Å². The van der Waals surface area contributed by atoms with Crippen LogP contribution in [-0.4, -0.2) is 62.0 Å². The smallest absolute Gasteiger partial charge is 0.407 e. The number of carbonyl (C=O) groups is 1. The molecule has 10 nitrogen and oxygen atoms in total. The molecule has 1 saturated heterocycles. The number of aryl methyl sites for hydroxylation is 1. The SMILES string of the molecule is Cc1cc(CN2CCN(C(=O)O)[C@@H](C)C2)c(C)c(Nc2nnc(-c3ccno3)o2)c1. The topological polar surface area (TPSA) is 121 Å². The fourth-order valence-electron chi connectivity index (χ4n) is 3.74. The van der Waals surface area contributed by atoms with Gasteiger partial charge in [0.15, 0.2) is 0 Å². The predicted octanol–water partition coefficient (Wildman–Crippen LogP) is 3.27. The summed E-state index contributed by atoms with van der Waals surface area (Å²) < 4.78 is 10.7. The van der Waals surface area contributed by atoms with Gasteiger partial charge in [-0.2, -0.15) is 0 Å². The molecule has 0 unspecified atom stereocenters. The van der Waals surface area contributed by atoms with E-state index in [1.165, 1.54) is 16.7 Å². The van der Waals surface area contributed by atoms with Crippen LogP contribution in [-0.2, 0) is 6.54 Å². The maximum atomic E-state index is 11.3. The van der Waals surface area contributed by atoms with Crippen LogP contribution in [0.5, 0.6) is 0 Å². The Morgan fingerprint density at radius 1 is 1.30 bits per heavy atom. The highest BCUT2D eigenvalue weighted by molar-refractivity contribution is 5.65. The molecule has 30 heavy (non-hydrogen) atoms. The van der Waals surface area contributed by atoms with Gasteiger partial charge in [-0.3, -0.25) is 4.90 Å². The van der Waals surface area contributed by atoms with Gasteiger partial charge >= 0.3 is 12.1 Å². The number of aromatic nitrogens is 3. The van der Waals surface area contributed by atoms with Crippen molar-refractivity contribution in [2.45, 2.75) is 33.4 Å². The summed E-state index contributed by atoms with van der Waals surface area (Å²) in [7, 11) is 0. The van der Waals surface area contributed by atoms with E-state index in [0.717, 1.165) is 23.4 Å². The molecule has 0 aliphatic carbocycles. The van der Waals surface area contributed by atoms with E-state index in [2.05, 4.69) is 31.6 Å². The van der Waals surface area contributed by atoms with Crippen molar-refractivity contribution in [3.8, 4) is 11.7 Å². The number of nitrogens with zero attached hydrogens (tertiary/aromatic N) is 5. The van der Waals surface area contributed by atoms with Crippen molar-refractivity contribution < 1.29 is 18.8 Å². The number of benzene rings is 1. The van der Waals surface area contributed by atoms with E-state index in [0.29, 0.717) is 25.4 Å². The van der Waals surface area contributed by atoms with Gasteiger partial charge in [0.1, 0.15) is 0 Å². The molecule has 2 aromatic heterocycles. The molecule has 4 rings (SSSR count). The molecule has 1 aliphatic rings. The first-order chi connectivity index (χ1) is 14.4. The normalized spacial score (nSPS) is 17.3. The Morgan fingerprint density at radius 2 is 2.13 bits per heavy atom. The average Bonchev–Trinajstić information content (AvgIpc) is 3.37. The number of rotatable bonds is 5. The molecule has 0 spiro atoms. The van der Waals surface area contributed by atoms with E-state index in [-0.39, 0.29) is 17.9 Å². The Bertz CT molecular complexity index is 1030. The van der Waals surface area contributed by atoms with Gasteiger partial charge < -0.3 is 24.3 Å². The number of nitrogens with one attached hydrogen (secondary N) is 1. The maximum absolute atomic E-state index is 11.3. The molecule has 158 valence electrons. The molecule has 0 radical (unpaired) electrons. The van der Waals surface area contributed by atoms with E-state index >= 15 is 0 Å². The van der Waals surface area contributed by atoms with Gasteiger partial charge in [0.2, 0.25) is 5.76 Å². The summed E-state index contributed by atoms with van der Waals surface area (Å²) in [5, 5.41) is 24.1. The predicted molar refractivity (Wildman–Crippen MR) is 108 cm³/mol. The molecular formula is C20H24N6O4. The van der Waals surface area contributed by atoms with Crippen molar-refractivity contribution in [3.63, 3.8) is 0 Å². The summed E-state index contributed by atoms with van der Waals surface area (Å²) in [5.41, 5.74) is 4.23. The number of amides is 1. The quantitative estimate of drug-likeness (QED) is 0.650. The van der Waals surface area contributed by atoms with Gasteiger partial charge in [-0.1, -0.05) is 16.3 Å². The zero-order valence-electron chi connectivity index (χ0n) is 17.1. The lowest BCUT2D eigenvalue weighted by Gasteiger charge is -2.38. The first-order valence-corrected chi connectivity index (χ1v) is 9.74. The first kappa shape index (κ1) is 19.9. The Kier molecular flexibility index (Phi) is 5.40. The molecule has 3 aromatic rings. The highest BCUT2D eigenvalue weighted by Gasteiger charge is 2.27. The molecule has 1 aromatic carbocycles. The van der Waals surface area contributed by atoms with Crippen LogP contribution in [0.15, 0.2) is 33.3 Å². The maximum Gasteiger partial charge on any atom is 0.407 e. The van der Waals surface area contributed by atoms with Crippen molar-refractivity contribution in [2.24, 2.45) is 0 Å². The summed E-state index contributed by atoms with van der Waals surface area (Å²) in [5.74, 6) is 0.664. The lowest BCUT2D eigenvalue weighted by atomic mass is 10.0. The van der Waals surface area contributed by atoms with Crippen molar-refractivity contribution >= 4 is 17.8 Å². The molecule has 1 fully saturated rings. The third-order valence-electron chi connectivity index (χ3n) is 5.33. The number of hydrogen-bond acceptors (Lipinski definition) is 8. The number of anilines is 2. The minimum atomic E-state index is -0.857.